The van der Waals surface area contributed by atoms with Crippen molar-refractivity contribution >= 4 is 0 Å². The van der Waals surface area contributed by atoms with Crippen LogP contribution in [0.1, 0.15) is 231 Å². The summed E-state index contributed by atoms with van der Waals surface area (Å²) in [6, 6.07) is 0. The van der Waals surface area contributed by atoms with Gasteiger partial charge in [0.05, 0.1) is 0 Å². The van der Waals surface area contributed by atoms with Gasteiger partial charge in [0.25, 0.3) is 0 Å². The number of hydrogen-bond donors (Lipinski definition) is 0. The SMILES string of the molecule is C1CCC2C(C1)CC1CCCCC12.C1CCC2C(C1)CC1CCCCC12.C1CCC2C(C1)CC1CCCCC12.C1CCC2C(C1)CC1CCCCC12. The van der Waals surface area contributed by atoms with E-state index in [0.717, 1.165) is 0 Å². The van der Waals surface area contributed by atoms with Crippen molar-refractivity contribution in [3.63, 3.8) is 0 Å². The minimum absolute atomic E-state index is 1.17. The van der Waals surface area contributed by atoms with Crippen LogP contribution in [0.4, 0.5) is 0 Å². The van der Waals surface area contributed by atoms with Crippen LogP contribution in [0.5, 0.6) is 0 Å². The summed E-state index contributed by atoms with van der Waals surface area (Å²) in [5, 5.41) is 0. The number of fused-ring (bicyclic) bond motifs is 12. The van der Waals surface area contributed by atoms with E-state index in [1.165, 1.54) is 94.7 Å². The minimum atomic E-state index is 1.17. The molecule has 12 aliphatic carbocycles. The molecular weight excluding hydrogens is 625 g/mol. The van der Waals surface area contributed by atoms with Gasteiger partial charge in [0.15, 0.2) is 0 Å². The lowest BCUT2D eigenvalue weighted by atomic mass is 9.73. The molecular formula is C52H88. The third kappa shape index (κ3) is 8.34. The molecule has 16 atom stereocenters. The fourth-order valence-electron chi connectivity index (χ4n) is 18.3. The van der Waals surface area contributed by atoms with Gasteiger partial charge in [0.1, 0.15) is 0 Å². The quantitative estimate of drug-likeness (QED) is 0.235. The van der Waals surface area contributed by atoms with Crippen LogP contribution in [0.25, 0.3) is 0 Å². The van der Waals surface area contributed by atoms with Crippen molar-refractivity contribution in [1.29, 1.82) is 0 Å². The van der Waals surface area contributed by atoms with Crippen molar-refractivity contribution in [2.75, 3.05) is 0 Å². The van der Waals surface area contributed by atoms with Crippen molar-refractivity contribution in [3.8, 4) is 0 Å². The van der Waals surface area contributed by atoms with Crippen LogP contribution in [0.3, 0.4) is 0 Å². The molecule has 296 valence electrons. The Bertz CT molecular complexity index is 826. The highest BCUT2D eigenvalue weighted by atomic mass is 14.5. The van der Waals surface area contributed by atoms with Crippen molar-refractivity contribution in [2.45, 2.75) is 231 Å². The Morgan fingerprint density at radius 2 is 0.250 bits per heavy atom. The molecule has 0 spiro atoms. The molecule has 0 bridgehead atoms. The molecule has 12 saturated carbocycles. The smallest absolute Gasteiger partial charge is 0.0355 e. The zero-order valence-corrected chi connectivity index (χ0v) is 34.7. The van der Waals surface area contributed by atoms with Crippen LogP contribution in [0, 0.1) is 94.7 Å². The van der Waals surface area contributed by atoms with Crippen molar-refractivity contribution < 1.29 is 0 Å². The van der Waals surface area contributed by atoms with Gasteiger partial charge >= 0.3 is 0 Å². The van der Waals surface area contributed by atoms with Crippen LogP contribution in [0.2, 0.25) is 0 Å². The fraction of sp³-hybridized carbons (Fsp3) is 1.00. The molecule has 16 unspecified atom stereocenters. The lowest BCUT2D eigenvalue weighted by Crippen LogP contribution is -2.22. The summed E-state index contributed by atoms with van der Waals surface area (Å²) in [5.74, 6) is 18.8. The van der Waals surface area contributed by atoms with Gasteiger partial charge in [-0.15, -0.1) is 0 Å². The van der Waals surface area contributed by atoms with E-state index < -0.39 is 0 Å². The van der Waals surface area contributed by atoms with Gasteiger partial charge in [0, 0.05) is 0 Å². The average molecular weight is 713 g/mol. The summed E-state index contributed by atoms with van der Waals surface area (Å²) in [6.07, 6.45) is 56.5. The summed E-state index contributed by atoms with van der Waals surface area (Å²) in [7, 11) is 0. The fourth-order valence-corrected chi connectivity index (χ4v) is 18.3. The largest absolute Gasteiger partial charge is 0.0530 e. The van der Waals surface area contributed by atoms with E-state index in [2.05, 4.69) is 0 Å². The van der Waals surface area contributed by atoms with E-state index in [-0.39, 0.29) is 0 Å². The first kappa shape index (κ1) is 37.6. The topological polar surface area (TPSA) is 0 Å². The molecule has 0 aromatic carbocycles. The highest BCUT2D eigenvalue weighted by Crippen LogP contribution is 2.57. The first-order valence-corrected chi connectivity index (χ1v) is 25.8. The monoisotopic (exact) mass is 713 g/mol. The van der Waals surface area contributed by atoms with Gasteiger partial charge in [-0.3, -0.25) is 0 Å². The Morgan fingerprint density at radius 3 is 0.385 bits per heavy atom. The Balaban J connectivity index is 0.0000000923. The zero-order chi connectivity index (χ0) is 34.7. The van der Waals surface area contributed by atoms with E-state index >= 15 is 0 Å². The first-order chi connectivity index (χ1) is 25.8. The predicted molar refractivity (Wildman–Crippen MR) is 222 cm³/mol. The summed E-state index contributed by atoms with van der Waals surface area (Å²) in [6.45, 7) is 0. The maximum absolute atomic E-state index is 1.62. The highest BCUT2D eigenvalue weighted by Gasteiger charge is 2.47. The van der Waals surface area contributed by atoms with Crippen molar-refractivity contribution in [2.24, 2.45) is 94.7 Å². The lowest BCUT2D eigenvalue weighted by Gasteiger charge is -2.32. The second-order valence-corrected chi connectivity index (χ2v) is 22.6. The molecule has 12 rings (SSSR count). The Hall–Kier alpha value is 0. The van der Waals surface area contributed by atoms with Crippen LogP contribution in [-0.2, 0) is 0 Å². The third-order valence-electron chi connectivity index (χ3n) is 20.4. The standard InChI is InChI=1S/4C13H22/c4*1-3-7-12-10(5-1)9-11-6-2-4-8-13(11)12/h4*10-13H,1-9H2. The molecule has 0 amide bonds. The Kier molecular flexibility index (Phi) is 13.1. The molecule has 0 radical (unpaired) electrons. The number of hydrogen-bond acceptors (Lipinski definition) is 0. The van der Waals surface area contributed by atoms with E-state index in [9.17, 15) is 0 Å². The van der Waals surface area contributed by atoms with E-state index in [1.807, 2.05) is 0 Å². The van der Waals surface area contributed by atoms with E-state index in [0.29, 0.717) is 0 Å². The van der Waals surface area contributed by atoms with E-state index in [1.54, 1.807) is 231 Å². The normalized spacial score (nSPS) is 49.8. The summed E-state index contributed by atoms with van der Waals surface area (Å²) in [5.41, 5.74) is 0. The van der Waals surface area contributed by atoms with Gasteiger partial charge in [-0.05, 0) is 172 Å². The second-order valence-electron chi connectivity index (χ2n) is 22.6. The molecule has 0 aliphatic heterocycles. The van der Waals surface area contributed by atoms with Crippen LogP contribution in [0.15, 0.2) is 0 Å². The van der Waals surface area contributed by atoms with E-state index in [4.69, 9.17) is 0 Å². The van der Waals surface area contributed by atoms with Gasteiger partial charge < -0.3 is 0 Å². The van der Waals surface area contributed by atoms with Crippen LogP contribution >= 0.6 is 0 Å². The minimum Gasteiger partial charge on any atom is -0.0530 e. The zero-order valence-electron chi connectivity index (χ0n) is 34.7. The average Bonchev–Trinajstić information content (AvgIpc) is 3.98. The molecule has 0 aromatic rings. The molecule has 0 nitrogen and oxygen atoms in total. The molecule has 0 heteroatoms. The molecule has 12 fully saturated rings. The van der Waals surface area contributed by atoms with Crippen LogP contribution in [-0.4, -0.2) is 0 Å². The maximum Gasteiger partial charge on any atom is -0.0355 e. The molecule has 0 aromatic heterocycles. The highest BCUT2D eigenvalue weighted by molar-refractivity contribution is 4.97. The molecule has 12 aliphatic rings. The molecule has 0 N–H and O–H groups in total. The first-order valence-electron chi connectivity index (χ1n) is 25.8. The number of rotatable bonds is 0. The third-order valence-corrected chi connectivity index (χ3v) is 20.4. The van der Waals surface area contributed by atoms with Crippen LogP contribution < -0.4 is 0 Å². The lowest BCUT2D eigenvalue weighted by molar-refractivity contribution is 0.184. The molecule has 0 saturated heterocycles. The predicted octanol–water partition coefficient (Wildman–Crippen LogP) is 16.0. The molecule has 52 heavy (non-hydrogen) atoms. The van der Waals surface area contributed by atoms with Gasteiger partial charge in [-0.2, -0.15) is 0 Å². The van der Waals surface area contributed by atoms with Crippen molar-refractivity contribution in [1.82, 2.24) is 0 Å². The van der Waals surface area contributed by atoms with Gasteiger partial charge in [-0.1, -0.05) is 154 Å². The summed E-state index contributed by atoms with van der Waals surface area (Å²) >= 11 is 0. The van der Waals surface area contributed by atoms with Crippen molar-refractivity contribution in [3.05, 3.63) is 0 Å². The Labute approximate surface area is 324 Å². The Morgan fingerprint density at radius 1 is 0.135 bits per heavy atom. The van der Waals surface area contributed by atoms with Gasteiger partial charge in [-0.25, -0.2) is 0 Å². The summed E-state index contributed by atoms with van der Waals surface area (Å²) in [4.78, 5) is 0. The molecule has 0 heterocycles. The van der Waals surface area contributed by atoms with Gasteiger partial charge in [0.2, 0.25) is 0 Å². The summed E-state index contributed by atoms with van der Waals surface area (Å²) < 4.78 is 0. The maximum atomic E-state index is 1.62. The second kappa shape index (κ2) is 18.1.